The SMILES string of the molecule is CCC(C)NC(=O)CCNC/C=C/c1ccccc1. The van der Waals surface area contributed by atoms with Crippen LogP contribution in [0.4, 0.5) is 0 Å². The Labute approximate surface area is 116 Å². The third kappa shape index (κ3) is 7.42. The average molecular weight is 260 g/mol. The molecule has 0 radical (unpaired) electrons. The van der Waals surface area contributed by atoms with Crippen molar-refractivity contribution in [1.82, 2.24) is 10.6 Å². The van der Waals surface area contributed by atoms with E-state index < -0.39 is 0 Å². The number of hydrogen-bond donors (Lipinski definition) is 2. The highest BCUT2D eigenvalue weighted by molar-refractivity contribution is 5.76. The fraction of sp³-hybridized carbons (Fsp3) is 0.438. The van der Waals surface area contributed by atoms with Crippen LogP contribution in [0, 0.1) is 0 Å². The second-order valence-corrected chi connectivity index (χ2v) is 4.64. The molecule has 0 saturated carbocycles. The van der Waals surface area contributed by atoms with E-state index in [4.69, 9.17) is 0 Å². The Morgan fingerprint density at radius 3 is 2.74 bits per heavy atom. The van der Waals surface area contributed by atoms with Gasteiger partial charge in [-0.25, -0.2) is 0 Å². The lowest BCUT2D eigenvalue weighted by atomic mass is 10.2. The van der Waals surface area contributed by atoms with Crippen LogP contribution in [0.2, 0.25) is 0 Å². The molecule has 3 nitrogen and oxygen atoms in total. The van der Waals surface area contributed by atoms with Crippen molar-refractivity contribution in [2.24, 2.45) is 0 Å². The quantitative estimate of drug-likeness (QED) is 0.705. The molecular weight excluding hydrogens is 236 g/mol. The Morgan fingerprint density at radius 2 is 2.05 bits per heavy atom. The van der Waals surface area contributed by atoms with E-state index in [0.717, 1.165) is 13.0 Å². The maximum absolute atomic E-state index is 11.5. The molecule has 0 saturated heterocycles. The Balaban J connectivity index is 2.08. The molecule has 0 spiro atoms. The second-order valence-electron chi connectivity index (χ2n) is 4.64. The van der Waals surface area contributed by atoms with Crippen molar-refractivity contribution in [3.05, 3.63) is 42.0 Å². The third-order valence-electron chi connectivity index (χ3n) is 2.92. The van der Waals surface area contributed by atoms with Gasteiger partial charge in [-0.1, -0.05) is 49.4 Å². The van der Waals surface area contributed by atoms with Crippen molar-refractivity contribution in [3.8, 4) is 0 Å². The fourth-order valence-electron chi connectivity index (χ4n) is 1.60. The third-order valence-corrected chi connectivity index (χ3v) is 2.92. The first-order valence-electron chi connectivity index (χ1n) is 6.94. The summed E-state index contributed by atoms with van der Waals surface area (Å²) in [7, 11) is 0. The predicted octanol–water partition coefficient (Wildman–Crippen LogP) is 2.59. The topological polar surface area (TPSA) is 41.1 Å². The number of carbonyl (C=O) groups excluding carboxylic acids is 1. The molecule has 19 heavy (non-hydrogen) atoms. The van der Waals surface area contributed by atoms with E-state index in [1.54, 1.807) is 0 Å². The summed E-state index contributed by atoms with van der Waals surface area (Å²) in [6, 6.07) is 10.4. The molecule has 1 atom stereocenters. The molecule has 1 aromatic carbocycles. The van der Waals surface area contributed by atoms with Crippen LogP contribution in [0.25, 0.3) is 6.08 Å². The molecule has 1 unspecified atom stereocenters. The molecular formula is C16H24N2O. The molecule has 3 heteroatoms. The van der Waals surface area contributed by atoms with Crippen LogP contribution >= 0.6 is 0 Å². The van der Waals surface area contributed by atoms with E-state index in [2.05, 4.69) is 41.8 Å². The molecule has 0 heterocycles. The summed E-state index contributed by atoms with van der Waals surface area (Å²) in [5.74, 6) is 0.119. The first kappa shape index (κ1) is 15.4. The molecule has 0 bridgehead atoms. The average Bonchev–Trinajstić information content (AvgIpc) is 2.43. The van der Waals surface area contributed by atoms with Crippen molar-refractivity contribution in [2.75, 3.05) is 13.1 Å². The van der Waals surface area contributed by atoms with Gasteiger partial charge in [-0.2, -0.15) is 0 Å². The molecule has 1 amide bonds. The summed E-state index contributed by atoms with van der Waals surface area (Å²) in [4.78, 5) is 11.5. The minimum absolute atomic E-state index is 0.119. The van der Waals surface area contributed by atoms with Gasteiger partial charge in [0.15, 0.2) is 0 Å². The lowest BCUT2D eigenvalue weighted by Gasteiger charge is -2.11. The summed E-state index contributed by atoms with van der Waals surface area (Å²) >= 11 is 0. The van der Waals surface area contributed by atoms with E-state index in [1.165, 1.54) is 5.56 Å². The summed E-state index contributed by atoms with van der Waals surface area (Å²) in [5.41, 5.74) is 1.19. The van der Waals surface area contributed by atoms with E-state index in [1.807, 2.05) is 25.1 Å². The van der Waals surface area contributed by atoms with Crippen LogP contribution in [0.3, 0.4) is 0 Å². The largest absolute Gasteiger partial charge is 0.354 e. The number of nitrogens with one attached hydrogen (secondary N) is 2. The normalized spacial score (nSPS) is 12.5. The minimum Gasteiger partial charge on any atom is -0.354 e. The van der Waals surface area contributed by atoms with Gasteiger partial charge < -0.3 is 10.6 Å². The summed E-state index contributed by atoms with van der Waals surface area (Å²) in [6.07, 6.45) is 5.65. The van der Waals surface area contributed by atoms with E-state index in [-0.39, 0.29) is 11.9 Å². The minimum atomic E-state index is 0.119. The molecule has 0 aliphatic heterocycles. The van der Waals surface area contributed by atoms with E-state index >= 15 is 0 Å². The van der Waals surface area contributed by atoms with Gasteiger partial charge in [-0.05, 0) is 18.9 Å². The Hall–Kier alpha value is -1.61. The van der Waals surface area contributed by atoms with Gasteiger partial charge in [0.25, 0.3) is 0 Å². The standard InChI is InChI=1S/C16H24N2O/c1-3-14(2)18-16(19)11-13-17-12-7-10-15-8-5-4-6-9-15/h4-10,14,17H,3,11-13H2,1-2H3,(H,18,19)/b10-7+. The molecule has 0 aromatic heterocycles. The Kier molecular flexibility index (Phi) is 7.59. The molecule has 104 valence electrons. The van der Waals surface area contributed by atoms with Crippen LogP contribution in [0.1, 0.15) is 32.3 Å². The molecule has 1 rings (SSSR count). The highest BCUT2D eigenvalue weighted by atomic mass is 16.1. The van der Waals surface area contributed by atoms with Crippen molar-refractivity contribution in [3.63, 3.8) is 0 Å². The van der Waals surface area contributed by atoms with Crippen LogP contribution in [-0.4, -0.2) is 25.0 Å². The highest BCUT2D eigenvalue weighted by Crippen LogP contribution is 1.99. The van der Waals surface area contributed by atoms with Crippen molar-refractivity contribution >= 4 is 12.0 Å². The number of amides is 1. The summed E-state index contributed by atoms with van der Waals surface area (Å²) < 4.78 is 0. The van der Waals surface area contributed by atoms with Gasteiger partial charge in [-0.3, -0.25) is 4.79 Å². The van der Waals surface area contributed by atoms with Crippen molar-refractivity contribution < 1.29 is 4.79 Å². The first-order valence-corrected chi connectivity index (χ1v) is 6.94. The van der Waals surface area contributed by atoms with Crippen LogP contribution in [0.5, 0.6) is 0 Å². The zero-order valence-electron chi connectivity index (χ0n) is 11.9. The second kappa shape index (κ2) is 9.34. The number of benzene rings is 1. The predicted molar refractivity (Wildman–Crippen MR) is 80.9 cm³/mol. The van der Waals surface area contributed by atoms with Gasteiger partial charge in [-0.15, -0.1) is 0 Å². The van der Waals surface area contributed by atoms with Crippen LogP contribution < -0.4 is 10.6 Å². The maximum Gasteiger partial charge on any atom is 0.221 e. The van der Waals surface area contributed by atoms with Crippen molar-refractivity contribution in [2.45, 2.75) is 32.7 Å². The summed E-state index contributed by atoms with van der Waals surface area (Å²) in [6.45, 7) is 5.58. The highest BCUT2D eigenvalue weighted by Gasteiger charge is 2.03. The van der Waals surface area contributed by atoms with Crippen LogP contribution in [0.15, 0.2) is 36.4 Å². The summed E-state index contributed by atoms with van der Waals surface area (Å²) in [5, 5.41) is 6.18. The monoisotopic (exact) mass is 260 g/mol. The van der Waals surface area contributed by atoms with Crippen molar-refractivity contribution in [1.29, 1.82) is 0 Å². The number of rotatable bonds is 8. The molecule has 0 aliphatic carbocycles. The maximum atomic E-state index is 11.5. The molecule has 0 aliphatic rings. The first-order chi connectivity index (χ1) is 9.22. The number of carbonyl (C=O) groups is 1. The Bertz CT molecular complexity index is 387. The molecule has 1 aromatic rings. The fourth-order valence-corrected chi connectivity index (χ4v) is 1.60. The lowest BCUT2D eigenvalue weighted by Crippen LogP contribution is -2.34. The van der Waals surface area contributed by atoms with Gasteiger partial charge >= 0.3 is 0 Å². The lowest BCUT2D eigenvalue weighted by molar-refractivity contribution is -0.121. The van der Waals surface area contributed by atoms with Gasteiger partial charge in [0, 0.05) is 25.6 Å². The smallest absolute Gasteiger partial charge is 0.221 e. The van der Waals surface area contributed by atoms with Gasteiger partial charge in [0.2, 0.25) is 5.91 Å². The Morgan fingerprint density at radius 1 is 1.32 bits per heavy atom. The van der Waals surface area contributed by atoms with E-state index in [9.17, 15) is 4.79 Å². The van der Waals surface area contributed by atoms with E-state index in [0.29, 0.717) is 13.0 Å². The van der Waals surface area contributed by atoms with Gasteiger partial charge in [0.05, 0.1) is 0 Å². The van der Waals surface area contributed by atoms with Gasteiger partial charge in [0.1, 0.15) is 0 Å². The number of hydrogen-bond acceptors (Lipinski definition) is 2. The molecule has 0 fully saturated rings. The van der Waals surface area contributed by atoms with Crippen LogP contribution in [-0.2, 0) is 4.79 Å². The zero-order chi connectivity index (χ0) is 13.9. The zero-order valence-corrected chi connectivity index (χ0v) is 11.9. The molecule has 2 N–H and O–H groups in total.